The summed E-state index contributed by atoms with van der Waals surface area (Å²) in [6.07, 6.45) is 3.55. The summed E-state index contributed by atoms with van der Waals surface area (Å²) >= 11 is 7.40. The van der Waals surface area contributed by atoms with Gasteiger partial charge in [-0.15, -0.1) is 0 Å². The lowest BCUT2D eigenvalue weighted by Gasteiger charge is -2.16. The number of carbonyl (C=O) groups excluding carboxylic acids is 1. The molecule has 1 N–H and O–H groups in total. The Morgan fingerprint density at radius 3 is 2.53 bits per heavy atom. The predicted octanol–water partition coefficient (Wildman–Crippen LogP) is 4.51. The fourth-order valence-electron chi connectivity index (χ4n) is 2.88. The van der Waals surface area contributed by atoms with Crippen LogP contribution in [-0.2, 0) is 14.8 Å². The third-order valence-corrected chi connectivity index (χ3v) is 8.36. The zero-order valence-corrected chi connectivity index (χ0v) is 20.8. The Hall–Kier alpha value is -2.33. The Kier molecular flexibility index (Phi) is 7.34. The van der Waals surface area contributed by atoms with Crippen LogP contribution in [0.25, 0.3) is 5.69 Å². The molecule has 170 valence electrons. The maximum Gasteiger partial charge on any atom is 0.244 e. The van der Waals surface area contributed by atoms with Gasteiger partial charge in [-0.2, -0.15) is 0 Å². The van der Waals surface area contributed by atoms with Gasteiger partial charge in [-0.3, -0.25) is 9.36 Å². The number of sulfonamides is 1. The zero-order valence-electron chi connectivity index (χ0n) is 18.5. The van der Waals surface area contributed by atoms with Crippen LogP contribution in [-0.4, -0.2) is 47.5 Å². The first-order valence-electron chi connectivity index (χ1n) is 9.81. The van der Waals surface area contributed by atoms with Crippen LogP contribution < -0.4 is 5.32 Å². The molecule has 0 radical (unpaired) electrons. The molecule has 0 fully saturated rings. The first-order valence-corrected chi connectivity index (χ1v) is 12.5. The lowest BCUT2D eigenvalue weighted by atomic mass is 10.1. The van der Waals surface area contributed by atoms with Gasteiger partial charge in [0, 0.05) is 37.9 Å². The van der Waals surface area contributed by atoms with E-state index in [1.54, 1.807) is 19.2 Å². The van der Waals surface area contributed by atoms with Crippen molar-refractivity contribution in [1.29, 1.82) is 0 Å². The number of hydrogen-bond donors (Lipinski definition) is 1. The summed E-state index contributed by atoms with van der Waals surface area (Å²) < 4.78 is 27.9. The summed E-state index contributed by atoms with van der Waals surface area (Å²) in [6, 6.07) is 10.5. The van der Waals surface area contributed by atoms with Crippen LogP contribution in [0.5, 0.6) is 0 Å². The highest BCUT2D eigenvalue weighted by atomic mass is 35.5. The van der Waals surface area contributed by atoms with E-state index in [0.717, 1.165) is 9.99 Å². The van der Waals surface area contributed by atoms with Crippen molar-refractivity contribution in [2.24, 2.45) is 0 Å². The minimum Gasteiger partial charge on any atom is -0.325 e. The van der Waals surface area contributed by atoms with E-state index in [4.69, 9.17) is 11.6 Å². The molecular formula is C22H25ClN4O3S2. The molecule has 1 unspecified atom stereocenters. The van der Waals surface area contributed by atoms with Crippen LogP contribution in [0, 0.1) is 13.8 Å². The Labute approximate surface area is 197 Å². The second-order valence-electron chi connectivity index (χ2n) is 7.53. The van der Waals surface area contributed by atoms with E-state index in [0.29, 0.717) is 10.8 Å². The fraction of sp³-hybridized carbons (Fsp3) is 0.273. The number of nitrogens with zero attached hydrogens (tertiary/aromatic N) is 3. The van der Waals surface area contributed by atoms with Gasteiger partial charge in [-0.05, 0) is 62.2 Å². The van der Waals surface area contributed by atoms with Gasteiger partial charge < -0.3 is 5.32 Å². The van der Waals surface area contributed by atoms with E-state index in [1.165, 1.54) is 49.1 Å². The number of halogens is 1. The number of carbonyl (C=O) groups is 1. The SMILES string of the molecule is Cc1ccc(-n2ccnc2SC(C)C(=O)Nc2ccc(Cl)c(S(=O)(=O)N(C)C)c2)cc1C. The summed E-state index contributed by atoms with van der Waals surface area (Å²) in [5.41, 5.74) is 3.69. The molecular weight excluding hydrogens is 468 g/mol. The molecule has 0 aliphatic carbocycles. The second kappa shape index (κ2) is 9.66. The van der Waals surface area contributed by atoms with Gasteiger partial charge in [0.05, 0.1) is 10.3 Å². The summed E-state index contributed by atoms with van der Waals surface area (Å²) in [4.78, 5) is 17.1. The summed E-state index contributed by atoms with van der Waals surface area (Å²) in [7, 11) is -0.891. The van der Waals surface area contributed by atoms with E-state index >= 15 is 0 Å². The molecule has 0 bridgehead atoms. The lowest BCUT2D eigenvalue weighted by Crippen LogP contribution is -2.24. The van der Waals surface area contributed by atoms with Crippen molar-refractivity contribution in [2.75, 3.05) is 19.4 Å². The highest BCUT2D eigenvalue weighted by molar-refractivity contribution is 8.00. The molecule has 0 spiro atoms. The van der Waals surface area contributed by atoms with Gasteiger partial charge in [0.15, 0.2) is 5.16 Å². The monoisotopic (exact) mass is 492 g/mol. The molecule has 32 heavy (non-hydrogen) atoms. The number of anilines is 1. The molecule has 2 aromatic carbocycles. The number of benzene rings is 2. The molecule has 1 amide bonds. The number of rotatable bonds is 7. The van der Waals surface area contributed by atoms with Crippen molar-refractivity contribution in [3.63, 3.8) is 0 Å². The summed E-state index contributed by atoms with van der Waals surface area (Å²) in [5, 5.41) is 3.07. The van der Waals surface area contributed by atoms with Crippen LogP contribution in [0.3, 0.4) is 0 Å². The van der Waals surface area contributed by atoms with Crippen molar-refractivity contribution < 1.29 is 13.2 Å². The Balaban J connectivity index is 1.77. The Morgan fingerprint density at radius 2 is 1.88 bits per heavy atom. The second-order valence-corrected chi connectivity index (χ2v) is 11.4. The van der Waals surface area contributed by atoms with Crippen molar-refractivity contribution in [3.05, 3.63) is 64.9 Å². The topological polar surface area (TPSA) is 84.3 Å². The number of hydrogen-bond acceptors (Lipinski definition) is 5. The largest absolute Gasteiger partial charge is 0.325 e. The van der Waals surface area contributed by atoms with Crippen LogP contribution in [0.4, 0.5) is 5.69 Å². The summed E-state index contributed by atoms with van der Waals surface area (Å²) in [6.45, 7) is 5.88. The third kappa shape index (κ3) is 5.17. The van der Waals surface area contributed by atoms with Crippen LogP contribution in [0.1, 0.15) is 18.1 Å². The van der Waals surface area contributed by atoms with Gasteiger partial charge in [0.25, 0.3) is 0 Å². The van der Waals surface area contributed by atoms with E-state index in [9.17, 15) is 13.2 Å². The molecule has 10 heteroatoms. The van der Waals surface area contributed by atoms with E-state index in [1.807, 2.05) is 16.8 Å². The molecule has 3 aromatic rings. The minimum absolute atomic E-state index is 0.0624. The van der Waals surface area contributed by atoms with E-state index in [-0.39, 0.29) is 15.8 Å². The van der Waals surface area contributed by atoms with Gasteiger partial charge in [-0.25, -0.2) is 17.7 Å². The third-order valence-electron chi connectivity index (χ3n) is 4.98. The molecule has 1 aromatic heterocycles. The fourth-order valence-corrected chi connectivity index (χ4v) is 5.16. The first kappa shape index (κ1) is 24.3. The van der Waals surface area contributed by atoms with Crippen LogP contribution in [0.15, 0.2) is 58.8 Å². The quantitative estimate of drug-likeness (QED) is 0.490. The van der Waals surface area contributed by atoms with Crippen LogP contribution in [0.2, 0.25) is 5.02 Å². The molecule has 1 heterocycles. The smallest absolute Gasteiger partial charge is 0.244 e. The van der Waals surface area contributed by atoms with Gasteiger partial charge in [0.2, 0.25) is 15.9 Å². The van der Waals surface area contributed by atoms with Crippen molar-refractivity contribution in [1.82, 2.24) is 13.9 Å². The first-order chi connectivity index (χ1) is 15.0. The Bertz CT molecular complexity index is 1260. The maximum atomic E-state index is 12.8. The average molecular weight is 493 g/mol. The standard InChI is InChI=1S/C22H25ClN4O3S2/c1-14-6-8-18(12-15(14)2)27-11-10-24-22(27)31-16(3)21(28)25-17-7-9-19(23)20(13-17)32(29,30)26(4)5/h6-13,16H,1-5H3,(H,25,28). The highest BCUT2D eigenvalue weighted by Gasteiger charge is 2.23. The molecule has 1 atom stereocenters. The van der Waals surface area contributed by atoms with Crippen molar-refractivity contribution in [3.8, 4) is 5.69 Å². The average Bonchev–Trinajstić information content (AvgIpc) is 3.19. The molecule has 3 rings (SSSR count). The molecule has 7 nitrogen and oxygen atoms in total. The number of amides is 1. The van der Waals surface area contributed by atoms with Crippen molar-refractivity contribution >= 4 is 45.0 Å². The van der Waals surface area contributed by atoms with Crippen LogP contribution >= 0.6 is 23.4 Å². The number of thioether (sulfide) groups is 1. The van der Waals surface area contributed by atoms with Crippen molar-refractivity contribution in [2.45, 2.75) is 36.1 Å². The molecule has 0 saturated heterocycles. The maximum absolute atomic E-state index is 12.8. The molecule has 0 aliphatic rings. The lowest BCUT2D eigenvalue weighted by molar-refractivity contribution is -0.115. The van der Waals surface area contributed by atoms with Gasteiger partial charge in [0.1, 0.15) is 4.90 Å². The Morgan fingerprint density at radius 1 is 1.16 bits per heavy atom. The normalized spacial score (nSPS) is 12.7. The summed E-state index contributed by atoms with van der Waals surface area (Å²) in [5.74, 6) is -0.278. The number of nitrogens with one attached hydrogen (secondary N) is 1. The van der Waals surface area contributed by atoms with E-state index in [2.05, 4.69) is 36.3 Å². The minimum atomic E-state index is -3.74. The number of imidazole rings is 1. The zero-order chi connectivity index (χ0) is 23.6. The highest BCUT2D eigenvalue weighted by Crippen LogP contribution is 2.29. The molecule has 0 saturated carbocycles. The predicted molar refractivity (Wildman–Crippen MR) is 129 cm³/mol. The van der Waals surface area contributed by atoms with Gasteiger partial charge >= 0.3 is 0 Å². The van der Waals surface area contributed by atoms with Gasteiger partial charge in [-0.1, -0.05) is 29.4 Å². The number of aromatic nitrogens is 2. The molecule has 0 aliphatic heterocycles. The van der Waals surface area contributed by atoms with E-state index < -0.39 is 15.3 Å². The number of aryl methyl sites for hydroxylation is 2.